The first-order chi connectivity index (χ1) is 13.2. The summed E-state index contributed by atoms with van der Waals surface area (Å²) < 4.78 is 19.7. The number of hydrogen-bond acceptors (Lipinski definition) is 3. The van der Waals surface area contributed by atoms with Crippen molar-refractivity contribution >= 4 is 5.91 Å². The summed E-state index contributed by atoms with van der Waals surface area (Å²) in [5, 5.41) is 0. The van der Waals surface area contributed by atoms with Gasteiger partial charge in [-0.2, -0.15) is 0 Å². The molecule has 1 aromatic heterocycles. The Hall–Kier alpha value is -3.21. The number of amides is 1. The highest BCUT2D eigenvalue weighted by Gasteiger charge is 2.33. The monoisotopic (exact) mass is 362 g/mol. The van der Waals surface area contributed by atoms with Crippen molar-refractivity contribution in [1.29, 1.82) is 0 Å². The molecular formula is C22H19FN2O2. The van der Waals surface area contributed by atoms with Crippen LogP contribution in [0.1, 0.15) is 28.8 Å². The molecule has 4 rings (SSSR count). The van der Waals surface area contributed by atoms with Gasteiger partial charge in [-0.25, -0.2) is 4.39 Å². The Labute approximate surface area is 157 Å². The van der Waals surface area contributed by atoms with Crippen LogP contribution in [0.25, 0.3) is 0 Å². The van der Waals surface area contributed by atoms with E-state index in [1.165, 1.54) is 6.07 Å². The number of hydrogen-bond donors (Lipinski definition) is 0. The molecule has 27 heavy (non-hydrogen) atoms. The van der Waals surface area contributed by atoms with Crippen molar-refractivity contribution < 1.29 is 13.9 Å². The molecule has 1 fully saturated rings. The maximum Gasteiger partial charge on any atom is 0.254 e. The van der Waals surface area contributed by atoms with E-state index in [2.05, 4.69) is 4.98 Å². The lowest BCUT2D eigenvalue weighted by molar-refractivity contribution is 0.0728. The van der Waals surface area contributed by atoms with E-state index in [1.54, 1.807) is 65.8 Å². The zero-order valence-corrected chi connectivity index (χ0v) is 14.7. The minimum absolute atomic E-state index is 0.0892. The van der Waals surface area contributed by atoms with Gasteiger partial charge in [-0.05, 0) is 55.3 Å². The molecule has 0 bridgehead atoms. The lowest BCUT2D eigenvalue weighted by Crippen LogP contribution is -2.32. The van der Waals surface area contributed by atoms with E-state index in [4.69, 9.17) is 4.74 Å². The van der Waals surface area contributed by atoms with Crippen LogP contribution in [-0.2, 0) is 6.54 Å². The summed E-state index contributed by atoms with van der Waals surface area (Å²) >= 11 is 0. The molecule has 3 aromatic rings. The standard InChI is InChI=1S/C22H19FN2O2/c23-21-6-2-1-4-17(21)15-25(18-9-10-18)22(26)16-7-11-19(12-8-16)27-20-5-3-13-24-14-20/h1-8,11-14,18H,9-10,15H2. The Morgan fingerprint density at radius 2 is 1.81 bits per heavy atom. The number of carbonyl (C=O) groups is 1. The minimum atomic E-state index is -0.281. The Morgan fingerprint density at radius 1 is 1.04 bits per heavy atom. The van der Waals surface area contributed by atoms with Crippen LogP contribution in [0.5, 0.6) is 11.5 Å². The first kappa shape index (κ1) is 17.2. The predicted octanol–water partition coefficient (Wildman–Crippen LogP) is 4.82. The van der Waals surface area contributed by atoms with Crippen LogP contribution in [0.4, 0.5) is 4.39 Å². The largest absolute Gasteiger partial charge is 0.456 e. The van der Waals surface area contributed by atoms with Gasteiger partial charge in [0.25, 0.3) is 5.91 Å². The fourth-order valence-electron chi connectivity index (χ4n) is 2.94. The fraction of sp³-hybridized carbons (Fsp3) is 0.182. The third-order valence-electron chi connectivity index (χ3n) is 4.52. The van der Waals surface area contributed by atoms with E-state index in [-0.39, 0.29) is 24.3 Å². The normalized spacial score (nSPS) is 13.2. The van der Waals surface area contributed by atoms with Crippen LogP contribution >= 0.6 is 0 Å². The zero-order valence-electron chi connectivity index (χ0n) is 14.7. The molecule has 4 nitrogen and oxygen atoms in total. The summed E-state index contributed by atoms with van der Waals surface area (Å²) in [6.45, 7) is 0.282. The van der Waals surface area contributed by atoms with Crippen LogP contribution in [0.15, 0.2) is 73.1 Å². The number of halogens is 1. The molecule has 0 N–H and O–H groups in total. The average molecular weight is 362 g/mol. The van der Waals surface area contributed by atoms with E-state index in [1.807, 2.05) is 6.07 Å². The maximum absolute atomic E-state index is 14.0. The number of nitrogens with zero attached hydrogens (tertiary/aromatic N) is 2. The Morgan fingerprint density at radius 3 is 2.48 bits per heavy atom. The number of pyridine rings is 1. The van der Waals surface area contributed by atoms with Gasteiger partial charge in [0.1, 0.15) is 17.3 Å². The van der Waals surface area contributed by atoms with Gasteiger partial charge in [-0.15, -0.1) is 0 Å². The predicted molar refractivity (Wildman–Crippen MR) is 100 cm³/mol. The molecular weight excluding hydrogens is 343 g/mol. The second-order valence-electron chi connectivity index (χ2n) is 6.57. The van der Waals surface area contributed by atoms with E-state index in [0.717, 1.165) is 12.8 Å². The molecule has 2 aromatic carbocycles. The number of aromatic nitrogens is 1. The molecule has 0 atom stereocenters. The van der Waals surface area contributed by atoms with Crippen molar-refractivity contribution in [2.45, 2.75) is 25.4 Å². The minimum Gasteiger partial charge on any atom is -0.456 e. The summed E-state index contributed by atoms with van der Waals surface area (Å²) in [5.74, 6) is 0.896. The molecule has 0 spiro atoms. The fourth-order valence-corrected chi connectivity index (χ4v) is 2.94. The molecule has 0 saturated heterocycles. The molecule has 1 amide bonds. The van der Waals surface area contributed by atoms with Crippen LogP contribution in [-0.4, -0.2) is 21.8 Å². The number of rotatable bonds is 6. The number of benzene rings is 2. The molecule has 0 aliphatic heterocycles. The van der Waals surface area contributed by atoms with Gasteiger partial charge in [0.15, 0.2) is 0 Å². The molecule has 1 aliphatic carbocycles. The van der Waals surface area contributed by atoms with Crippen molar-refractivity contribution in [3.05, 3.63) is 90.0 Å². The van der Waals surface area contributed by atoms with Crippen LogP contribution in [0.2, 0.25) is 0 Å². The highest BCUT2D eigenvalue weighted by molar-refractivity contribution is 5.94. The van der Waals surface area contributed by atoms with Crippen molar-refractivity contribution in [2.75, 3.05) is 0 Å². The van der Waals surface area contributed by atoms with Gasteiger partial charge in [0.05, 0.1) is 6.20 Å². The summed E-state index contributed by atoms with van der Waals surface area (Å²) in [5.41, 5.74) is 1.10. The van der Waals surface area contributed by atoms with Crippen LogP contribution in [0.3, 0.4) is 0 Å². The van der Waals surface area contributed by atoms with Crippen molar-refractivity contribution in [2.24, 2.45) is 0 Å². The first-order valence-electron chi connectivity index (χ1n) is 8.93. The molecule has 1 saturated carbocycles. The van der Waals surface area contributed by atoms with Crippen LogP contribution < -0.4 is 4.74 Å². The summed E-state index contributed by atoms with van der Waals surface area (Å²) in [4.78, 5) is 18.7. The maximum atomic E-state index is 14.0. The van der Waals surface area contributed by atoms with Gasteiger partial charge in [-0.3, -0.25) is 9.78 Å². The topological polar surface area (TPSA) is 42.4 Å². The molecule has 1 aliphatic rings. The summed E-state index contributed by atoms with van der Waals surface area (Å²) in [6.07, 6.45) is 5.23. The smallest absolute Gasteiger partial charge is 0.254 e. The van der Waals surface area contributed by atoms with Crippen molar-refractivity contribution in [3.8, 4) is 11.5 Å². The van der Waals surface area contributed by atoms with Gasteiger partial charge in [0.2, 0.25) is 0 Å². The van der Waals surface area contributed by atoms with Crippen molar-refractivity contribution in [3.63, 3.8) is 0 Å². The quantitative estimate of drug-likeness (QED) is 0.631. The van der Waals surface area contributed by atoms with E-state index >= 15 is 0 Å². The Bertz CT molecular complexity index is 925. The molecule has 0 radical (unpaired) electrons. The Kier molecular flexibility index (Phi) is 4.83. The molecule has 0 unspecified atom stereocenters. The number of carbonyl (C=O) groups excluding carboxylic acids is 1. The lowest BCUT2D eigenvalue weighted by Gasteiger charge is -2.23. The first-order valence-corrected chi connectivity index (χ1v) is 8.93. The Balaban J connectivity index is 1.49. The molecule has 1 heterocycles. The summed E-state index contributed by atoms with van der Waals surface area (Å²) in [7, 11) is 0. The summed E-state index contributed by atoms with van der Waals surface area (Å²) in [6, 6.07) is 17.4. The van der Waals surface area contributed by atoms with Gasteiger partial charge < -0.3 is 9.64 Å². The van der Waals surface area contributed by atoms with Crippen molar-refractivity contribution in [1.82, 2.24) is 9.88 Å². The average Bonchev–Trinajstić information content (AvgIpc) is 3.53. The third-order valence-corrected chi connectivity index (χ3v) is 4.52. The van der Waals surface area contributed by atoms with E-state index in [0.29, 0.717) is 22.6 Å². The highest BCUT2D eigenvalue weighted by atomic mass is 19.1. The lowest BCUT2D eigenvalue weighted by atomic mass is 10.1. The number of ether oxygens (including phenoxy) is 1. The third kappa shape index (κ3) is 4.14. The van der Waals surface area contributed by atoms with E-state index < -0.39 is 0 Å². The second-order valence-corrected chi connectivity index (χ2v) is 6.57. The van der Waals surface area contributed by atoms with Gasteiger partial charge >= 0.3 is 0 Å². The molecule has 5 heteroatoms. The highest BCUT2D eigenvalue weighted by Crippen LogP contribution is 2.31. The van der Waals surface area contributed by atoms with Gasteiger partial charge in [-0.1, -0.05) is 18.2 Å². The van der Waals surface area contributed by atoms with E-state index in [9.17, 15) is 9.18 Å². The zero-order chi connectivity index (χ0) is 18.6. The SMILES string of the molecule is O=C(c1ccc(Oc2cccnc2)cc1)N(Cc1ccccc1F)C1CC1. The second kappa shape index (κ2) is 7.58. The van der Waals surface area contributed by atoms with Gasteiger partial charge in [0, 0.05) is 29.9 Å². The molecule has 136 valence electrons. The van der Waals surface area contributed by atoms with Crippen LogP contribution in [0, 0.1) is 5.82 Å².